The molecule has 0 amide bonds. The van der Waals surface area contributed by atoms with Gasteiger partial charge in [0.05, 0.1) is 6.54 Å². The van der Waals surface area contributed by atoms with Crippen molar-refractivity contribution in [1.29, 1.82) is 0 Å². The number of Topliss-reactive ketones (excluding diaryl/α,β-unsaturated/α-hetero) is 1. The van der Waals surface area contributed by atoms with Gasteiger partial charge in [0.15, 0.2) is 0 Å². The summed E-state index contributed by atoms with van der Waals surface area (Å²) < 4.78 is 0. The minimum Gasteiger partial charge on any atom is -0.309 e. The summed E-state index contributed by atoms with van der Waals surface area (Å²) in [6, 6.07) is 0. The van der Waals surface area contributed by atoms with Gasteiger partial charge in [-0.05, 0) is 17.8 Å². The largest absolute Gasteiger partial charge is 0.309 e. The molecule has 0 heterocycles. The Morgan fingerprint density at radius 2 is 1.62 bits per heavy atom. The zero-order valence-corrected chi connectivity index (χ0v) is 9.82. The van der Waals surface area contributed by atoms with Crippen LogP contribution in [-0.2, 0) is 4.79 Å². The van der Waals surface area contributed by atoms with Crippen molar-refractivity contribution in [3.05, 3.63) is 0 Å². The van der Waals surface area contributed by atoms with Gasteiger partial charge in [-0.15, -0.1) is 0 Å². The van der Waals surface area contributed by atoms with Crippen molar-refractivity contribution >= 4 is 5.78 Å². The summed E-state index contributed by atoms with van der Waals surface area (Å²) in [5.41, 5.74) is 0.471. The Bertz CT molecular complexity index is 177. The third-order valence-corrected chi connectivity index (χ3v) is 2.97. The molecule has 0 saturated carbocycles. The van der Waals surface area contributed by atoms with Crippen molar-refractivity contribution in [3.8, 4) is 0 Å². The number of ketones is 1. The fraction of sp³-hybridized carbons (Fsp3) is 0.909. The fourth-order valence-corrected chi connectivity index (χ4v) is 0.816. The van der Waals surface area contributed by atoms with Gasteiger partial charge >= 0.3 is 0 Å². The van der Waals surface area contributed by atoms with E-state index in [0.29, 0.717) is 6.54 Å². The third kappa shape index (κ3) is 4.41. The van der Waals surface area contributed by atoms with Crippen molar-refractivity contribution in [3.63, 3.8) is 0 Å². The average molecular weight is 185 g/mol. The van der Waals surface area contributed by atoms with Crippen LogP contribution in [0.15, 0.2) is 0 Å². The SMILES string of the molecule is CC(=O)CNCC(C)(C)C(C)(C)C. The van der Waals surface area contributed by atoms with Crippen LogP contribution in [0.3, 0.4) is 0 Å². The van der Waals surface area contributed by atoms with E-state index in [4.69, 9.17) is 0 Å². The Morgan fingerprint density at radius 1 is 1.15 bits per heavy atom. The van der Waals surface area contributed by atoms with Gasteiger partial charge in [-0.2, -0.15) is 0 Å². The summed E-state index contributed by atoms with van der Waals surface area (Å²) in [4.78, 5) is 10.7. The van der Waals surface area contributed by atoms with Gasteiger partial charge in [-0.25, -0.2) is 0 Å². The molecule has 2 nitrogen and oxygen atoms in total. The highest BCUT2D eigenvalue weighted by atomic mass is 16.1. The first-order valence-electron chi connectivity index (χ1n) is 4.87. The Balaban J connectivity index is 3.97. The van der Waals surface area contributed by atoms with E-state index in [1.54, 1.807) is 6.92 Å². The molecule has 0 saturated heterocycles. The van der Waals surface area contributed by atoms with E-state index in [9.17, 15) is 4.79 Å². The summed E-state index contributed by atoms with van der Waals surface area (Å²) >= 11 is 0. The van der Waals surface area contributed by atoms with Gasteiger partial charge < -0.3 is 5.32 Å². The quantitative estimate of drug-likeness (QED) is 0.727. The van der Waals surface area contributed by atoms with Crippen molar-refractivity contribution in [2.45, 2.75) is 41.5 Å². The maximum atomic E-state index is 10.7. The molecule has 0 aromatic heterocycles. The summed E-state index contributed by atoms with van der Waals surface area (Å²) in [6.07, 6.45) is 0. The van der Waals surface area contributed by atoms with Crippen LogP contribution in [0.2, 0.25) is 0 Å². The van der Waals surface area contributed by atoms with E-state index < -0.39 is 0 Å². The molecule has 0 fully saturated rings. The molecule has 13 heavy (non-hydrogen) atoms. The minimum absolute atomic E-state index is 0.199. The molecule has 0 rings (SSSR count). The maximum absolute atomic E-state index is 10.7. The summed E-state index contributed by atoms with van der Waals surface area (Å²) in [5.74, 6) is 0.199. The summed E-state index contributed by atoms with van der Waals surface area (Å²) in [5, 5.41) is 3.18. The van der Waals surface area contributed by atoms with E-state index in [0.717, 1.165) is 6.54 Å². The molecule has 0 aromatic rings. The Labute approximate surface area is 82.1 Å². The van der Waals surface area contributed by atoms with E-state index in [1.807, 2.05) is 0 Å². The number of carbonyl (C=O) groups is 1. The topological polar surface area (TPSA) is 29.1 Å². The molecule has 0 spiro atoms. The lowest BCUT2D eigenvalue weighted by Crippen LogP contribution is -2.40. The normalized spacial score (nSPS) is 13.1. The smallest absolute Gasteiger partial charge is 0.143 e. The Kier molecular flexibility index (Phi) is 4.11. The van der Waals surface area contributed by atoms with E-state index in [1.165, 1.54) is 0 Å². The minimum atomic E-state index is 0.199. The van der Waals surface area contributed by atoms with Gasteiger partial charge in [0.1, 0.15) is 5.78 Å². The van der Waals surface area contributed by atoms with Crippen LogP contribution < -0.4 is 5.32 Å². The zero-order valence-electron chi connectivity index (χ0n) is 9.82. The second-order valence-corrected chi connectivity index (χ2v) is 5.44. The van der Waals surface area contributed by atoms with Crippen molar-refractivity contribution < 1.29 is 4.79 Å². The van der Waals surface area contributed by atoms with Crippen LogP contribution in [0.1, 0.15) is 41.5 Å². The zero-order chi connectivity index (χ0) is 10.7. The Morgan fingerprint density at radius 3 is 1.92 bits per heavy atom. The van der Waals surface area contributed by atoms with Gasteiger partial charge in [-0.3, -0.25) is 4.79 Å². The van der Waals surface area contributed by atoms with Crippen LogP contribution >= 0.6 is 0 Å². The second-order valence-electron chi connectivity index (χ2n) is 5.44. The molecule has 1 N–H and O–H groups in total. The predicted octanol–water partition coefficient (Wildman–Crippen LogP) is 2.24. The number of rotatable bonds is 4. The standard InChI is InChI=1S/C11H23NO/c1-9(13)7-12-8-11(5,6)10(2,3)4/h12H,7-8H2,1-6H3. The lowest BCUT2D eigenvalue weighted by atomic mass is 9.69. The first-order chi connectivity index (χ1) is 5.67. The first kappa shape index (κ1) is 12.6. The van der Waals surface area contributed by atoms with Crippen molar-refractivity contribution in [2.75, 3.05) is 13.1 Å². The van der Waals surface area contributed by atoms with Crippen LogP contribution in [0.5, 0.6) is 0 Å². The number of carbonyl (C=O) groups excluding carboxylic acids is 1. The molecule has 0 aliphatic rings. The van der Waals surface area contributed by atoms with Crippen molar-refractivity contribution in [2.24, 2.45) is 10.8 Å². The third-order valence-electron chi connectivity index (χ3n) is 2.97. The average Bonchev–Trinajstić information content (AvgIpc) is 1.82. The molecular weight excluding hydrogens is 162 g/mol. The molecule has 0 aromatic carbocycles. The first-order valence-corrected chi connectivity index (χ1v) is 4.87. The highest BCUT2D eigenvalue weighted by molar-refractivity contribution is 5.77. The molecule has 0 radical (unpaired) electrons. The van der Waals surface area contributed by atoms with Crippen LogP contribution in [0, 0.1) is 10.8 Å². The molecule has 0 bridgehead atoms. The van der Waals surface area contributed by atoms with Crippen LogP contribution in [-0.4, -0.2) is 18.9 Å². The highest BCUT2D eigenvalue weighted by Crippen LogP contribution is 2.36. The van der Waals surface area contributed by atoms with Gasteiger partial charge in [0.2, 0.25) is 0 Å². The summed E-state index contributed by atoms with van der Waals surface area (Å²) in [7, 11) is 0. The van der Waals surface area contributed by atoms with Gasteiger partial charge in [-0.1, -0.05) is 34.6 Å². The molecule has 78 valence electrons. The van der Waals surface area contributed by atoms with E-state index in [-0.39, 0.29) is 16.6 Å². The fourth-order valence-electron chi connectivity index (χ4n) is 0.816. The molecule has 0 unspecified atom stereocenters. The second kappa shape index (κ2) is 4.23. The molecule has 2 heteroatoms. The van der Waals surface area contributed by atoms with E-state index >= 15 is 0 Å². The highest BCUT2D eigenvalue weighted by Gasteiger charge is 2.31. The number of hydrogen-bond donors (Lipinski definition) is 1. The number of hydrogen-bond acceptors (Lipinski definition) is 2. The van der Waals surface area contributed by atoms with Crippen LogP contribution in [0.25, 0.3) is 0 Å². The predicted molar refractivity (Wildman–Crippen MR) is 56.8 cm³/mol. The van der Waals surface area contributed by atoms with Gasteiger partial charge in [0, 0.05) is 6.54 Å². The Hall–Kier alpha value is -0.370. The van der Waals surface area contributed by atoms with Gasteiger partial charge in [0.25, 0.3) is 0 Å². The number of nitrogens with one attached hydrogen (secondary N) is 1. The lowest BCUT2D eigenvalue weighted by molar-refractivity contribution is -0.116. The monoisotopic (exact) mass is 185 g/mol. The maximum Gasteiger partial charge on any atom is 0.143 e. The van der Waals surface area contributed by atoms with Crippen molar-refractivity contribution in [1.82, 2.24) is 5.32 Å². The van der Waals surface area contributed by atoms with E-state index in [2.05, 4.69) is 39.9 Å². The molecule has 0 atom stereocenters. The summed E-state index contributed by atoms with van der Waals surface area (Å²) in [6.45, 7) is 14.1. The van der Waals surface area contributed by atoms with Crippen LogP contribution in [0.4, 0.5) is 0 Å². The lowest BCUT2D eigenvalue weighted by Gasteiger charge is -2.39. The molecule has 0 aliphatic heterocycles. The molecular formula is C11H23NO. The molecule has 0 aliphatic carbocycles.